The quantitative estimate of drug-likeness (QED) is 0.633. The maximum absolute atomic E-state index is 3.99. The van der Waals surface area contributed by atoms with Crippen molar-refractivity contribution >= 4 is 0 Å². The van der Waals surface area contributed by atoms with Gasteiger partial charge in [-0.25, -0.2) is 0 Å². The third-order valence-electron chi connectivity index (χ3n) is 3.08. The van der Waals surface area contributed by atoms with Crippen molar-refractivity contribution in [3.63, 3.8) is 0 Å². The van der Waals surface area contributed by atoms with Crippen LogP contribution in [0.1, 0.15) is 33.6 Å². The Hall–Kier alpha value is -0.460. The highest BCUT2D eigenvalue weighted by atomic mass is 14.9. The van der Waals surface area contributed by atoms with Crippen LogP contribution < -0.4 is 5.32 Å². The molecule has 2 atom stereocenters. The zero-order chi connectivity index (χ0) is 9.14. The minimum absolute atomic E-state index is 0.790. The molecule has 0 radical (unpaired) electrons. The van der Waals surface area contributed by atoms with Crippen LogP contribution >= 0.6 is 0 Å². The van der Waals surface area contributed by atoms with Crippen molar-refractivity contribution in [1.29, 1.82) is 0 Å². The van der Waals surface area contributed by atoms with Crippen molar-refractivity contribution < 1.29 is 0 Å². The summed E-state index contributed by atoms with van der Waals surface area (Å²) in [6.07, 6.45) is 2.46. The van der Waals surface area contributed by atoms with Gasteiger partial charge in [0.05, 0.1) is 0 Å². The predicted molar refractivity (Wildman–Crippen MR) is 53.9 cm³/mol. The van der Waals surface area contributed by atoms with Crippen molar-refractivity contribution in [2.45, 2.75) is 33.6 Å². The Balaban J connectivity index is 2.56. The average Bonchev–Trinajstić information content (AvgIpc) is 2.14. The first kappa shape index (κ1) is 9.63. The molecule has 70 valence electrons. The van der Waals surface area contributed by atoms with Crippen molar-refractivity contribution in [1.82, 2.24) is 5.32 Å². The second-order valence-corrected chi connectivity index (χ2v) is 4.41. The van der Waals surface area contributed by atoms with E-state index < -0.39 is 0 Å². The Morgan fingerprint density at radius 1 is 1.50 bits per heavy atom. The van der Waals surface area contributed by atoms with E-state index in [1.54, 1.807) is 0 Å². The van der Waals surface area contributed by atoms with Crippen LogP contribution in [0.3, 0.4) is 0 Å². The molecule has 1 heteroatoms. The fraction of sp³-hybridized carbons (Fsp3) is 0.818. The molecule has 1 nitrogen and oxygen atoms in total. The van der Waals surface area contributed by atoms with E-state index >= 15 is 0 Å². The van der Waals surface area contributed by atoms with E-state index in [9.17, 15) is 0 Å². The van der Waals surface area contributed by atoms with Gasteiger partial charge in [-0.3, -0.25) is 0 Å². The molecule has 1 saturated heterocycles. The zero-order valence-electron chi connectivity index (χ0n) is 8.56. The maximum atomic E-state index is 3.99. The average molecular weight is 167 g/mol. The number of hydrogen-bond donors (Lipinski definition) is 1. The molecule has 12 heavy (non-hydrogen) atoms. The topological polar surface area (TPSA) is 12.0 Å². The Labute approximate surface area is 76.2 Å². The largest absolute Gasteiger partial charge is 0.389 e. The van der Waals surface area contributed by atoms with E-state index in [0.717, 1.165) is 30.7 Å². The number of rotatable bonds is 1. The Kier molecular flexibility index (Phi) is 3.19. The monoisotopic (exact) mass is 167 g/mol. The molecule has 1 fully saturated rings. The summed E-state index contributed by atoms with van der Waals surface area (Å²) in [6.45, 7) is 12.1. The minimum atomic E-state index is 0.790. The molecule has 0 bridgehead atoms. The lowest BCUT2D eigenvalue weighted by Crippen LogP contribution is -2.26. The van der Waals surface area contributed by atoms with Gasteiger partial charge in [0.2, 0.25) is 0 Å². The van der Waals surface area contributed by atoms with Crippen LogP contribution in [0.15, 0.2) is 12.3 Å². The lowest BCUT2D eigenvalue weighted by atomic mass is 9.83. The molecular formula is C11H21N. The second kappa shape index (κ2) is 3.97. The van der Waals surface area contributed by atoms with Crippen LogP contribution in [0.2, 0.25) is 0 Å². The van der Waals surface area contributed by atoms with Gasteiger partial charge in [-0.1, -0.05) is 27.4 Å². The molecule has 0 aliphatic carbocycles. The zero-order valence-corrected chi connectivity index (χ0v) is 8.56. The Morgan fingerprint density at radius 3 is 2.75 bits per heavy atom. The maximum Gasteiger partial charge on any atom is 0.0177 e. The van der Waals surface area contributed by atoms with Crippen molar-refractivity contribution in [2.24, 2.45) is 17.8 Å². The smallest absolute Gasteiger partial charge is 0.0177 e. The van der Waals surface area contributed by atoms with Crippen LogP contribution in [0.5, 0.6) is 0 Å². The van der Waals surface area contributed by atoms with Gasteiger partial charge in [-0.05, 0) is 30.6 Å². The normalized spacial score (nSPS) is 31.5. The Morgan fingerprint density at radius 2 is 2.17 bits per heavy atom. The summed E-state index contributed by atoms with van der Waals surface area (Å²) < 4.78 is 0. The highest BCUT2D eigenvalue weighted by molar-refractivity contribution is 4.95. The summed E-state index contributed by atoms with van der Waals surface area (Å²) in [5.41, 5.74) is 1.23. The molecule has 0 aromatic heterocycles. The van der Waals surface area contributed by atoms with Crippen LogP contribution in [-0.2, 0) is 0 Å². The van der Waals surface area contributed by atoms with Crippen LogP contribution in [0.4, 0.5) is 0 Å². The molecule has 1 heterocycles. The number of nitrogens with one attached hydrogen (secondary N) is 1. The van der Waals surface area contributed by atoms with Gasteiger partial charge < -0.3 is 5.32 Å². The van der Waals surface area contributed by atoms with Gasteiger partial charge in [-0.15, -0.1) is 0 Å². The molecule has 1 rings (SSSR count). The van der Waals surface area contributed by atoms with Gasteiger partial charge in [0.1, 0.15) is 0 Å². The van der Waals surface area contributed by atoms with Crippen molar-refractivity contribution in [2.75, 3.05) is 6.54 Å². The summed E-state index contributed by atoms with van der Waals surface area (Å²) in [6, 6.07) is 0. The summed E-state index contributed by atoms with van der Waals surface area (Å²) in [5, 5.41) is 3.41. The van der Waals surface area contributed by atoms with E-state index in [-0.39, 0.29) is 0 Å². The van der Waals surface area contributed by atoms with Gasteiger partial charge >= 0.3 is 0 Å². The molecule has 1 aliphatic heterocycles. The minimum Gasteiger partial charge on any atom is -0.389 e. The molecule has 1 aliphatic rings. The van der Waals surface area contributed by atoms with Gasteiger partial charge in [-0.2, -0.15) is 0 Å². The molecule has 0 aromatic carbocycles. The van der Waals surface area contributed by atoms with E-state index in [1.807, 2.05) is 0 Å². The fourth-order valence-corrected chi connectivity index (χ4v) is 2.06. The molecule has 0 amide bonds. The standard InChI is InChI=1S/C11H21N/c1-8(2)11-7-12-10(4)6-5-9(11)3/h8-9,11-12H,4-7H2,1-3H3. The third kappa shape index (κ3) is 2.26. The highest BCUT2D eigenvalue weighted by Gasteiger charge is 2.23. The molecule has 2 unspecified atom stereocenters. The van der Waals surface area contributed by atoms with Crippen LogP contribution in [0.25, 0.3) is 0 Å². The first-order chi connectivity index (χ1) is 5.61. The van der Waals surface area contributed by atoms with Crippen molar-refractivity contribution in [3.05, 3.63) is 12.3 Å². The highest BCUT2D eigenvalue weighted by Crippen LogP contribution is 2.27. The van der Waals surface area contributed by atoms with Crippen molar-refractivity contribution in [3.8, 4) is 0 Å². The van der Waals surface area contributed by atoms with Crippen LogP contribution in [0, 0.1) is 17.8 Å². The van der Waals surface area contributed by atoms with Gasteiger partial charge in [0.15, 0.2) is 0 Å². The summed E-state index contributed by atoms with van der Waals surface area (Å²) >= 11 is 0. The van der Waals surface area contributed by atoms with Gasteiger partial charge in [0.25, 0.3) is 0 Å². The van der Waals surface area contributed by atoms with E-state index in [2.05, 4.69) is 32.7 Å². The lowest BCUT2D eigenvalue weighted by molar-refractivity contribution is 0.270. The fourth-order valence-electron chi connectivity index (χ4n) is 2.06. The lowest BCUT2D eigenvalue weighted by Gasteiger charge is -2.24. The molecule has 0 aromatic rings. The number of allylic oxidation sites excluding steroid dienone is 1. The summed E-state index contributed by atoms with van der Waals surface area (Å²) in [4.78, 5) is 0. The predicted octanol–water partition coefficient (Wildman–Crippen LogP) is 2.79. The first-order valence-corrected chi connectivity index (χ1v) is 5.03. The summed E-state index contributed by atoms with van der Waals surface area (Å²) in [7, 11) is 0. The van der Waals surface area contributed by atoms with E-state index in [1.165, 1.54) is 12.1 Å². The second-order valence-electron chi connectivity index (χ2n) is 4.41. The first-order valence-electron chi connectivity index (χ1n) is 5.03. The summed E-state index contributed by atoms with van der Waals surface area (Å²) in [5.74, 6) is 2.46. The SMILES string of the molecule is C=C1CCC(C)C(C(C)C)CN1. The number of hydrogen-bond acceptors (Lipinski definition) is 1. The Bertz CT molecular complexity index is 160. The molecular weight excluding hydrogens is 146 g/mol. The van der Waals surface area contributed by atoms with Crippen LogP contribution in [-0.4, -0.2) is 6.54 Å². The third-order valence-corrected chi connectivity index (χ3v) is 3.08. The molecule has 0 saturated carbocycles. The van der Waals surface area contributed by atoms with E-state index in [4.69, 9.17) is 0 Å². The van der Waals surface area contributed by atoms with E-state index in [0.29, 0.717) is 0 Å². The van der Waals surface area contributed by atoms with Gasteiger partial charge in [0, 0.05) is 12.2 Å². The molecule has 0 spiro atoms. The molecule has 1 N–H and O–H groups in total.